The second kappa shape index (κ2) is 8.02. The van der Waals surface area contributed by atoms with Gasteiger partial charge in [0.2, 0.25) is 5.88 Å². The molecule has 0 radical (unpaired) electrons. The van der Waals surface area contributed by atoms with Gasteiger partial charge in [-0.15, -0.1) is 0 Å². The van der Waals surface area contributed by atoms with Crippen LogP contribution in [0.1, 0.15) is 0 Å². The minimum Gasteiger partial charge on any atom is -0.497 e. The third-order valence-corrected chi connectivity index (χ3v) is 4.74. The molecule has 4 rings (SSSR count). The maximum atomic E-state index is 11.1. The summed E-state index contributed by atoms with van der Waals surface area (Å²) in [5.74, 6) is 1.67. The van der Waals surface area contributed by atoms with E-state index in [2.05, 4.69) is 5.32 Å². The van der Waals surface area contributed by atoms with E-state index in [0.29, 0.717) is 5.69 Å². The Morgan fingerprint density at radius 2 is 1.34 bits per heavy atom. The van der Waals surface area contributed by atoms with Crippen LogP contribution in [0.5, 0.6) is 17.4 Å². The Kier molecular flexibility index (Phi) is 5.12. The zero-order chi connectivity index (χ0) is 20.2. The Balaban J connectivity index is 1.79. The molecule has 0 aliphatic rings. The number of benzene rings is 3. The molecule has 0 fully saturated rings. The molecule has 3 aromatic carbocycles. The first-order chi connectivity index (χ1) is 14.2. The van der Waals surface area contributed by atoms with Crippen LogP contribution in [0.2, 0.25) is 0 Å². The number of hydrogen-bond donors (Lipinski definition) is 2. The molecule has 146 valence electrons. The summed E-state index contributed by atoms with van der Waals surface area (Å²) in [4.78, 5) is 0. The molecule has 5 nitrogen and oxygen atoms in total. The van der Waals surface area contributed by atoms with Gasteiger partial charge in [-0.2, -0.15) is 0 Å². The lowest BCUT2D eigenvalue weighted by Crippen LogP contribution is -1.97. The SMILES string of the molecule is COc1ccc(Nc2cc(-c3ccccc3)n(-c3ccc(OC)cc3)c2O)cc1. The van der Waals surface area contributed by atoms with E-state index in [4.69, 9.17) is 9.47 Å². The van der Waals surface area contributed by atoms with Gasteiger partial charge in [0.05, 0.1) is 19.9 Å². The van der Waals surface area contributed by atoms with Gasteiger partial charge in [-0.25, -0.2) is 0 Å². The van der Waals surface area contributed by atoms with Crippen LogP contribution in [0, 0.1) is 0 Å². The monoisotopic (exact) mass is 386 g/mol. The number of hydrogen-bond acceptors (Lipinski definition) is 4. The molecule has 1 heterocycles. The number of rotatable bonds is 6. The quantitative estimate of drug-likeness (QED) is 0.452. The van der Waals surface area contributed by atoms with E-state index in [1.54, 1.807) is 14.2 Å². The van der Waals surface area contributed by atoms with E-state index in [9.17, 15) is 5.11 Å². The van der Waals surface area contributed by atoms with Crippen LogP contribution < -0.4 is 14.8 Å². The van der Waals surface area contributed by atoms with Crippen LogP contribution in [0.3, 0.4) is 0 Å². The molecule has 5 heteroatoms. The van der Waals surface area contributed by atoms with Gasteiger partial charge in [0.15, 0.2) is 0 Å². The van der Waals surface area contributed by atoms with Crippen LogP contribution in [-0.4, -0.2) is 23.9 Å². The van der Waals surface area contributed by atoms with Crippen molar-refractivity contribution in [3.8, 4) is 34.3 Å². The lowest BCUT2D eigenvalue weighted by molar-refractivity contribution is 0.414. The van der Waals surface area contributed by atoms with Crippen molar-refractivity contribution in [2.75, 3.05) is 19.5 Å². The molecule has 4 aromatic rings. The van der Waals surface area contributed by atoms with Gasteiger partial charge < -0.3 is 19.9 Å². The summed E-state index contributed by atoms with van der Waals surface area (Å²) in [5.41, 5.74) is 4.19. The number of ether oxygens (including phenoxy) is 2. The number of aromatic hydroxyl groups is 1. The lowest BCUT2D eigenvalue weighted by atomic mass is 10.1. The summed E-state index contributed by atoms with van der Waals surface area (Å²) >= 11 is 0. The van der Waals surface area contributed by atoms with Crippen LogP contribution in [0.25, 0.3) is 16.9 Å². The number of aromatic nitrogens is 1. The zero-order valence-electron chi connectivity index (χ0n) is 16.3. The van der Waals surface area contributed by atoms with Gasteiger partial charge >= 0.3 is 0 Å². The topological polar surface area (TPSA) is 55.7 Å². The van der Waals surface area contributed by atoms with Gasteiger partial charge in [-0.1, -0.05) is 30.3 Å². The van der Waals surface area contributed by atoms with Gasteiger partial charge in [0.1, 0.15) is 17.2 Å². The minimum absolute atomic E-state index is 0.129. The summed E-state index contributed by atoms with van der Waals surface area (Å²) in [5, 5.41) is 14.4. The average Bonchev–Trinajstić information content (AvgIpc) is 3.11. The van der Waals surface area contributed by atoms with E-state index in [1.807, 2.05) is 89.5 Å². The smallest absolute Gasteiger partial charge is 0.220 e. The fourth-order valence-corrected chi connectivity index (χ4v) is 3.24. The van der Waals surface area contributed by atoms with Crippen molar-refractivity contribution in [1.82, 2.24) is 4.57 Å². The average molecular weight is 386 g/mol. The summed E-state index contributed by atoms with van der Waals surface area (Å²) in [6.07, 6.45) is 0. The van der Waals surface area contributed by atoms with Crippen molar-refractivity contribution in [2.24, 2.45) is 0 Å². The predicted octanol–water partition coefficient (Wildman–Crippen LogP) is 5.61. The van der Waals surface area contributed by atoms with Gasteiger partial charge in [0, 0.05) is 11.4 Å². The van der Waals surface area contributed by atoms with Gasteiger partial charge in [-0.3, -0.25) is 4.57 Å². The molecule has 2 N–H and O–H groups in total. The highest BCUT2D eigenvalue weighted by Crippen LogP contribution is 2.39. The van der Waals surface area contributed by atoms with Gasteiger partial charge in [-0.05, 0) is 60.2 Å². The van der Waals surface area contributed by atoms with Crippen molar-refractivity contribution >= 4 is 11.4 Å². The number of methoxy groups -OCH3 is 2. The zero-order valence-corrected chi connectivity index (χ0v) is 16.3. The van der Waals surface area contributed by atoms with Crippen molar-refractivity contribution in [3.63, 3.8) is 0 Å². The largest absolute Gasteiger partial charge is 0.497 e. The second-order valence-electron chi connectivity index (χ2n) is 6.52. The first-order valence-corrected chi connectivity index (χ1v) is 9.25. The highest BCUT2D eigenvalue weighted by atomic mass is 16.5. The highest BCUT2D eigenvalue weighted by Gasteiger charge is 2.17. The van der Waals surface area contributed by atoms with Crippen molar-refractivity contribution in [3.05, 3.63) is 84.9 Å². The summed E-state index contributed by atoms with van der Waals surface area (Å²) < 4.78 is 12.3. The molecule has 0 spiro atoms. The van der Waals surface area contributed by atoms with E-state index in [1.165, 1.54) is 0 Å². The van der Waals surface area contributed by atoms with Gasteiger partial charge in [0.25, 0.3) is 0 Å². The molecule has 0 saturated heterocycles. The summed E-state index contributed by atoms with van der Waals surface area (Å²) in [6, 6.07) is 27.1. The Morgan fingerprint density at radius 3 is 1.93 bits per heavy atom. The van der Waals surface area contributed by atoms with E-state index in [0.717, 1.165) is 34.1 Å². The third-order valence-electron chi connectivity index (χ3n) is 4.74. The third kappa shape index (κ3) is 3.75. The Hall–Kier alpha value is -3.86. The molecule has 0 amide bonds. The molecule has 29 heavy (non-hydrogen) atoms. The summed E-state index contributed by atoms with van der Waals surface area (Å²) in [6.45, 7) is 0. The molecule has 0 unspecified atom stereocenters. The minimum atomic E-state index is 0.129. The summed E-state index contributed by atoms with van der Waals surface area (Å²) in [7, 11) is 3.27. The molecule has 0 aliphatic carbocycles. The predicted molar refractivity (Wildman–Crippen MR) is 116 cm³/mol. The molecular weight excluding hydrogens is 364 g/mol. The molecule has 1 aromatic heterocycles. The second-order valence-corrected chi connectivity index (χ2v) is 6.52. The molecule has 0 bridgehead atoms. The van der Waals surface area contributed by atoms with Crippen molar-refractivity contribution in [1.29, 1.82) is 0 Å². The normalized spacial score (nSPS) is 10.6. The molecule has 0 atom stereocenters. The standard InChI is InChI=1S/C24H22N2O3/c1-28-20-12-8-18(9-13-20)25-22-16-23(17-6-4-3-5-7-17)26(24(22)27)19-10-14-21(29-2)15-11-19/h3-16,25,27H,1-2H3. The molecular formula is C24H22N2O3. The highest BCUT2D eigenvalue weighted by molar-refractivity contribution is 5.77. The van der Waals surface area contributed by atoms with Crippen LogP contribution >= 0.6 is 0 Å². The maximum Gasteiger partial charge on any atom is 0.220 e. The molecule has 0 saturated carbocycles. The fourth-order valence-electron chi connectivity index (χ4n) is 3.24. The van der Waals surface area contributed by atoms with E-state index >= 15 is 0 Å². The van der Waals surface area contributed by atoms with Crippen molar-refractivity contribution in [2.45, 2.75) is 0 Å². The van der Waals surface area contributed by atoms with Crippen LogP contribution in [-0.2, 0) is 0 Å². The fraction of sp³-hybridized carbons (Fsp3) is 0.0833. The molecule has 0 aliphatic heterocycles. The first kappa shape index (κ1) is 18.5. The van der Waals surface area contributed by atoms with Crippen LogP contribution in [0.4, 0.5) is 11.4 Å². The number of anilines is 2. The van der Waals surface area contributed by atoms with E-state index < -0.39 is 0 Å². The number of nitrogens with zero attached hydrogens (tertiary/aromatic N) is 1. The maximum absolute atomic E-state index is 11.1. The van der Waals surface area contributed by atoms with E-state index in [-0.39, 0.29) is 5.88 Å². The Bertz CT molecular complexity index is 1090. The Labute approximate surface area is 169 Å². The first-order valence-electron chi connectivity index (χ1n) is 9.25. The number of nitrogens with one attached hydrogen (secondary N) is 1. The van der Waals surface area contributed by atoms with Crippen molar-refractivity contribution < 1.29 is 14.6 Å². The Morgan fingerprint density at radius 1 is 0.759 bits per heavy atom. The lowest BCUT2D eigenvalue weighted by Gasteiger charge is -2.12. The van der Waals surface area contributed by atoms with Crippen LogP contribution in [0.15, 0.2) is 84.9 Å².